The van der Waals surface area contributed by atoms with E-state index in [2.05, 4.69) is 45.9 Å². The normalized spacial score (nSPS) is 11.2. The van der Waals surface area contributed by atoms with Crippen LogP contribution in [0.3, 0.4) is 0 Å². The van der Waals surface area contributed by atoms with Gasteiger partial charge in [0, 0.05) is 18.5 Å². The van der Waals surface area contributed by atoms with Gasteiger partial charge in [-0.3, -0.25) is 0 Å². The van der Waals surface area contributed by atoms with Gasteiger partial charge in [-0.05, 0) is 26.0 Å². The SMILES string of the molecule is Cc1cc(C)cc(-c2nc(C(C)C)n(C)c2N)c1. The summed E-state index contributed by atoms with van der Waals surface area (Å²) in [6.07, 6.45) is 0. The van der Waals surface area contributed by atoms with Crippen LogP contribution in [0.15, 0.2) is 18.2 Å². The van der Waals surface area contributed by atoms with Crippen molar-refractivity contribution >= 4 is 5.82 Å². The Hall–Kier alpha value is -1.77. The van der Waals surface area contributed by atoms with Gasteiger partial charge < -0.3 is 10.3 Å². The van der Waals surface area contributed by atoms with Crippen molar-refractivity contribution in [3.8, 4) is 11.3 Å². The van der Waals surface area contributed by atoms with Crippen molar-refractivity contribution in [2.45, 2.75) is 33.6 Å². The first-order valence-electron chi connectivity index (χ1n) is 6.31. The van der Waals surface area contributed by atoms with E-state index in [4.69, 9.17) is 10.7 Å². The standard InChI is InChI=1S/C15H21N3/c1-9(2)15-17-13(14(16)18(15)5)12-7-10(3)6-11(4)8-12/h6-9H,16H2,1-5H3. The molecule has 2 N–H and O–H groups in total. The number of aryl methyl sites for hydroxylation is 2. The second kappa shape index (κ2) is 4.48. The van der Waals surface area contributed by atoms with Gasteiger partial charge in [-0.1, -0.05) is 31.0 Å². The number of imidazole rings is 1. The maximum atomic E-state index is 6.17. The number of hydrogen-bond donors (Lipinski definition) is 1. The van der Waals surface area contributed by atoms with E-state index in [0.29, 0.717) is 5.92 Å². The molecule has 2 aromatic rings. The number of hydrogen-bond acceptors (Lipinski definition) is 2. The Morgan fingerprint density at radius 2 is 1.67 bits per heavy atom. The molecule has 0 atom stereocenters. The smallest absolute Gasteiger partial charge is 0.131 e. The van der Waals surface area contributed by atoms with E-state index in [1.54, 1.807) is 0 Å². The molecule has 0 amide bonds. The van der Waals surface area contributed by atoms with Crippen LogP contribution in [0.25, 0.3) is 11.3 Å². The van der Waals surface area contributed by atoms with Crippen molar-refractivity contribution in [1.29, 1.82) is 0 Å². The third kappa shape index (κ3) is 2.13. The first-order valence-corrected chi connectivity index (χ1v) is 6.31. The minimum atomic E-state index is 0.372. The highest BCUT2D eigenvalue weighted by molar-refractivity contribution is 5.72. The highest BCUT2D eigenvalue weighted by Gasteiger charge is 2.16. The van der Waals surface area contributed by atoms with Crippen LogP contribution in [-0.2, 0) is 7.05 Å². The molecule has 0 unspecified atom stereocenters. The summed E-state index contributed by atoms with van der Waals surface area (Å²) in [6.45, 7) is 8.46. The minimum Gasteiger partial charge on any atom is -0.383 e. The lowest BCUT2D eigenvalue weighted by atomic mass is 10.1. The summed E-state index contributed by atoms with van der Waals surface area (Å²) in [6, 6.07) is 6.43. The molecule has 3 nitrogen and oxygen atoms in total. The molecule has 0 aliphatic carbocycles. The first kappa shape index (κ1) is 12.7. The summed E-state index contributed by atoms with van der Waals surface area (Å²) < 4.78 is 1.98. The van der Waals surface area contributed by atoms with Gasteiger partial charge in [-0.2, -0.15) is 0 Å². The maximum absolute atomic E-state index is 6.17. The maximum Gasteiger partial charge on any atom is 0.131 e. The van der Waals surface area contributed by atoms with Crippen LogP contribution >= 0.6 is 0 Å². The zero-order valence-corrected chi connectivity index (χ0v) is 11.8. The van der Waals surface area contributed by atoms with Crippen molar-refractivity contribution in [3.63, 3.8) is 0 Å². The summed E-state index contributed by atoms with van der Waals surface area (Å²) >= 11 is 0. The molecular weight excluding hydrogens is 222 g/mol. The highest BCUT2D eigenvalue weighted by atomic mass is 15.1. The Bertz CT molecular complexity index is 559. The molecule has 0 aliphatic rings. The average molecular weight is 243 g/mol. The quantitative estimate of drug-likeness (QED) is 0.878. The lowest BCUT2D eigenvalue weighted by molar-refractivity contribution is 0.715. The van der Waals surface area contributed by atoms with Gasteiger partial charge >= 0.3 is 0 Å². The second-order valence-corrected chi connectivity index (χ2v) is 5.29. The van der Waals surface area contributed by atoms with Crippen LogP contribution in [0, 0.1) is 13.8 Å². The topological polar surface area (TPSA) is 43.8 Å². The molecular formula is C15H21N3. The lowest BCUT2D eigenvalue weighted by Crippen LogP contribution is -2.02. The lowest BCUT2D eigenvalue weighted by Gasteiger charge is -2.05. The van der Waals surface area contributed by atoms with Gasteiger partial charge in [0.25, 0.3) is 0 Å². The number of nitrogens with zero attached hydrogens (tertiary/aromatic N) is 2. The zero-order valence-electron chi connectivity index (χ0n) is 11.8. The van der Waals surface area contributed by atoms with E-state index in [9.17, 15) is 0 Å². The molecule has 0 saturated carbocycles. The van der Waals surface area contributed by atoms with Gasteiger partial charge in [-0.15, -0.1) is 0 Å². The van der Waals surface area contributed by atoms with E-state index in [-0.39, 0.29) is 0 Å². The number of rotatable bonds is 2. The van der Waals surface area contributed by atoms with Gasteiger partial charge in [0.2, 0.25) is 0 Å². The summed E-state index contributed by atoms with van der Waals surface area (Å²) in [7, 11) is 1.98. The molecule has 1 heterocycles. The number of nitrogens with two attached hydrogens (primary N) is 1. The molecule has 0 bridgehead atoms. The molecule has 1 aromatic heterocycles. The van der Waals surface area contributed by atoms with Crippen LogP contribution in [0.4, 0.5) is 5.82 Å². The molecule has 0 saturated heterocycles. The third-order valence-corrected chi connectivity index (χ3v) is 3.19. The number of anilines is 1. The summed E-state index contributed by atoms with van der Waals surface area (Å²) in [5.41, 5.74) is 10.6. The summed E-state index contributed by atoms with van der Waals surface area (Å²) in [5.74, 6) is 2.14. The number of benzene rings is 1. The Morgan fingerprint density at radius 1 is 1.11 bits per heavy atom. The molecule has 0 aliphatic heterocycles. The van der Waals surface area contributed by atoms with Crippen molar-refractivity contribution in [2.24, 2.45) is 7.05 Å². The van der Waals surface area contributed by atoms with Crippen LogP contribution < -0.4 is 5.73 Å². The van der Waals surface area contributed by atoms with Gasteiger partial charge in [0.05, 0.1) is 0 Å². The van der Waals surface area contributed by atoms with Gasteiger partial charge in [-0.25, -0.2) is 4.98 Å². The summed E-state index contributed by atoms with van der Waals surface area (Å²) in [5, 5.41) is 0. The molecule has 1 aromatic carbocycles. The van der Waals surface area contributed by atoms with E-state index >= 15 is 0 Å². The number of aromatic nitrogens is 2. The van der Waals surface area contributed by atoms with Gasteiger partial charge in [0.15, 0.2) is 0 Å². The Balaban J connectivity index is 2.60. The molecule has 0 fully saturated rings. The molecule has 3 heteroatoms. The molecule has 96 valence electrons. The van der Waals surface area contributed by atoms with E-state index in [0.717, 1.165) is 22.9 Å². The Labute approximate surface area is 109 Å². The van der Waals surface area contributed by atoms with Crippen LogP contribution in [0.2, 0.25) is 0 Å². The van der Waals surface area contributed by atoms with Crippen LogP contribution in [0.1, 0.15) is 36.7 Å². The first-order chi connectivity index (χ1) is 8.40. The molecule has 18 heavy (non-hydrogen) atoms. The van der Waals surface area contributed by atoms with Crippen molar-refractivity contribution in [1.82, 2.24) is 9.55 Å². The largest absolute Gasteiger partial charge is 0.383 e. The molecule has 0 spiro atoms. The van der Waals surface area contributed by atoms with E-state index < -0.39 is 0 Å². The Morgan fingerprint density at radius 3 is 2.11 bits per heavy atom. The molecule has 2 rings (SSSR count). The van der Waals surface area contributed by atoms with Crippen LogP contribution in [0.5, 0.6) is 0 Å². The fourth-order valence-electron chi connectivity index (χ4n) is 2.37. The molecule has 0 radical (unpaired) electrons. The minimum absolute atomic E-state index is 0.372. The monoisotopic (exact) mass is 243 g/mol. The fourth-order valence-corrected chi connectivity index (χ4v) is 2.37. The van der Waals surface area contributed by atoms with Gasteiger partial charge in [0.1, 0.15) is 17.3 Å². The predicted octanol–water partition coefficient (Wildman–Crippen LogP) is 3.41. The van der Waals surface area contributed by atoms with E-state index in [1.807, 2.05) is 11.6 Å². The highest BCUT2D eigenvalue weighted by Crippen LogP contribution is 2.29. The third-order valence-electron chi connectivity index (χ3n) is 3.19. The fraction of sp³-hybridized carbons (Fsp3) is 0.400. The Kier molecular flexibility index (Phi) is 3.16. The predicted molar refractivity (Wildman–Crippen MR) is 76.6 cm³/mol. The van der Waals surface area contributed by atoms with E-state index in [1.165, 1.54) is 11.1 Å². The average Bonchev–Trinajstić information content (AvgIpc) is 2.55. The zero-order chi connectivity index (χ0) is 13.4. The van der Waals surface area contributed by atoms with Crippen molar-refractivity contribution in [3.05, 3.63) is 35.2 Å². The van der Waals surface area contributed by atoms with Crippen LogP contribution in [-0.4, -0.2) is 9.55 Å². The van der Waals surface area contributed by atoms with Crippen molar-refractivity contribution in [2.75, 3.05) is 5.73 Å². The number of nitrogen functional groups attached to an aromatic ring is 1. The second-order valence-electron chi connectivity index (χ2n) is 5.29. The summed E-state index contributed by atoms with van der Waals surface area (Å²) in [4.78, 5) is 4.70. The van der Waals surface area contributed by atoms with Crippen molar-refractivity contribution < 1.29 is 0 Å².